The minimum atomic E-state index is -0.290. The Labute approximate surface area is 167 Å². The van der Waals surface area contributed by atoms with Crippen LogP contribution in [-0.2, 0) is 0 Å². The van der Waals surface area contributed by atoms with Gasteiger partial charge in [0.15, 0.2) is 5.65 Å². The van der Waals surface area contributed by atoms with E-state index < -0.39 is 0 Å². The van der Waals surface area contributed by atoms with E-state index in [9.17, 15) is 4.39 Å². The van der Waals surface area contributed by atoms with E-state index in [2.05, 4.69) is 0 Å². The van der Waals surface area contributed by atoms with Crippen LogP contribution in [0.1, 0.15) is 5.69 Å². The summed E-state index contributed by atoms with van der Waals surface area (Å²) in [6, 6.07) is 22.4. The number of halogens is 1. The molecule has 4 nitrogen and oxygen atoms in total. The van der Waals surface area contributed by atoms with Crippen LogP contribution in [0.2, 0.25) is 0 Å². The summed E-state index contributed by atoms with van der Waals surface area (Å²) >= 11 is 0. The second kappa shape index (κ2) is 6.71. The molecule has 0 radical (unpaired) electrons. The summed E-state index contributed by atoms with van der Waals surface area (Å²) in [5.74, 6) is 0.479. The van der Waals surface area contributed by atoms with Crippen LogP contribution >= 0.6 is 0 Å². The Morgan fingerprint density at radius 3 is 2.41 bits per heavy atom. The van der Waals surface area contributed by atoms with E-state index in [1.54, 1.807) is 19.2 Å². The van der Waals surface area contributed by atoms with Crippen molar-refractivity contribution < 1.29 is 9.13 Å². The molecule has 0 N–H and O–H groups in total. The molecule has 29 heavy (non-hydrogen) atoms. The van der Waals surface area contributed by atoms with Gasteiger partial charge in [-0.3, -0.25) is 0 Å². The van der Waals surface area contributed by atoms with Gasteiger partial charge in [0.1, 0.15) is 11.6 Å². The molecule has 0 bridgehead atoms. The standard InChI is InChI=1S/C24H18FN3O/c1-15-22-23(16-8-11-19(29-2)12-9-16)20-14-17(25)10-13-21(20)26-24(22)28(27-15)18-6-4-3-5-7-18/h3-14H,1-2H3. The second-order valence-electron chi connectivity index (χ2n) is 6.91. The molecule has 0 aliphatic heterocycles. The van der Waals surface area contributed by atoms with Crippen LogP contribution in [0.5, 0.6) is 5.75 Å². The number of hydrogen-bond donors (Lipinski definition) is 0. The molecule has 5 heteroatoms. The van der Waals surface area contributed by atoms with E-state index in [0.29, 0.717) is 0 Å². The van der Waals surface area contributed by atoms with Crippen molar-refractivity contribution in [3.8, 4) is 22.6 Å². The van der Waals surface area contributed by atoms with Gasteiger partial charge in [0.25, 0.3) is 0 Å². The van der Waals surface area contributed by atoms with Gasteiger partial charge in [-0.2, -0.15) is 5.10 Å². The quantitative estimate of drug-likeness (QED) is 0.401. The lowest BCUT2D eigenvalue weighted by Gasteiger charge is -2.11. The highest BCUT2D eigenvalue weighted by molar-refractivity contribution is 6.10. The molecule has 0 spiro atoms. The molecular weight excluding hydrogens is 365 g/mol. The number of aryl methyl sites for hydroxylation is 1. The van der Waals surface area contributed by atoms with Gasteiger partial charge in [-0.25, -0.2) is 14.1 Å². The average molecular weight is 383 g/mol. The fourth-order valence-corrected chi connectivity index (χ4v) is 3.77. The number of para-hydroxylation sites is 1. The fourth-order valence-electron chi connectivity index (χ4n) is 3.77. The maximum absolute atomic E-state index is 14.2. The van der Waals surface area contributed by atoms with Crippen molar-refractivity contribution in [2.24, 2.45) is 0 Å². The number of hydrogen-bond acceptors (Lipinski definition) is 3. The Kier molecular flexibility index (Phi) is 4.02. The number of methoxy groups -OCH3 is 1. The largest absolute Gasteiger partial charge is 0.497 e. The number of pyridine rings is 1. The van der Waals surface area contributed by atoms with Crippen LogP contribution < -0.4 is 4.74 Å². The fraction of sp³-hybridized carbons (Fsp3) is 0.0833. The lowest BCUT2D eigenvalue weighted by Crippen LogP contribution is -1.98. The smallest absolute Gasteiger partial charge is 0.164 e. The van der Waals surface area contributed by atoms with Crippen molar-refractivity contribution in [1.29, 1.82) is 0 Å². The first-order valence-electron chi connectivity index (χ1n) is 9.34. The number of benzene rings is 3. The third-order valence-corrected chi connectivity index (χ3v) is 5.12. The van der Waals surface area contributed by atoms with Crippen LogP contribution in [0.25, 0.3) is 38.8 Å². The van der Waals surface area contributed by atoms with Crippen LogP contribution in [0, 0.1) is 12.7 Å². The van der Waals surface area contributed by atoms with E-state index in [-0.39, 0.29) is 5.82 Å². The minimum absolute atomic E-state index is 0.290. The summed E-state index contributed by atoms with van der Waals surface area (Å²) in [6.07, 6.45) is 0. The van der Waals surface area contributed by atoms with Crippen LogP contribution in [0.3, 0.4) is 0 Å². The van der Waals surface area contributed by atoms with E-state index in [4.69, 9.17) is 14.8 Å². The van der Waals surface area contributed by atoms with E-state index in [0.717, 1.165) is 50.2 Å². The highest BCUT2D eigenvalue weighted by Crippen LogP contribution is 2.38. The van der Waals surface area contributed by atoms with Crippen LogP contribution in [-0.4, -0.2) is 21.9 Å². The van der Waals surface area contributed by atoms with Crippen molar-refractivity contribution in [2.75, 3.05) is 7.11 Å². The van der Waals surface area contributed by atoms with Gasteiger partial charge >= 0.3 is 0 Å². The summed E-state index contributed by atoms with van der Waals surface area (Å²) in [4.78, 5) is 4.84. The van der Waals surface area contributed by atoms with Crippen molar-refractivity contribution in [3.63, 3.8) is 0 Å². The van der Waals surface area contributed by atoms with Gasteiger partial charge in [0, 0.05) is 10.9 Å². The molecule has 0 aliphatic rings. The van der Waals surface area contributed by atoms with Gasteiger partial charge in [-0.15, -0.1) is 0 Å². The minimum Gasteiger partial charge on any atom is -0.497 e. The highest BCUT2D eigenvalue weighted by atomic mass is 19.1. The zero-order chi connectivity index (χ0) is 20.0. The molecule has 0 saturated carbocycles. The number of nitrogens with zero attached hydrogens (tertiary/aromatic N) is 3. The summed E-state index contributed by atoms with van der Waals surface area (Å²) < 4.78 is 21.3. The van der Waals surface area contributed by atoms with Crippen molar-refractivity contribution in [2.45, 2.75) is 6.92 Å². The first-order chi connectivity index (χ1) is 14.2. The first-order valence-corrected chi connectivity index (χ1v) is 9.34. The molecule has 0 saturated heterocycles. The topological polar surface area (TPSA) is 39.9 Å². The third-order valence-electron chi connectivity index (χ3n) is 5.12. The Morgan fingerprint density at radius 1 is 0.931 bits per heavy atom. The zero-order valence-corrected chi connectivity index (χ0v) is 16.1. The lowest BCUT2D eigenvalue weighted by molar-refractivity contribution is 0.415. The first kappa shape index (κ1) is 17.4. The zero-order valence-electron chi connectivity index (χ0n) is 16.1. The Hall–Kier alpha value is -3.73. The van der Waals surface area contributed by atoms with Gasteiger partial charge < -0.3 is 4.74 Å². The van der Waals surface area contributed by atoms with Crippen LogP contribution in [0.15, 0.2) is 72.8 Å². The predicted octanol–water partition coefficient (Wildman–Crippen LogP) is 5.70. The van der Waals surface area contributed by atoms with Gasteiger partial charge in [0.2, 0.25) is 0 Å². The molecule has 2 aromatic heterocycles. The monoisotopic (exact) mass is 383 g/mol. The molecule has 0 amide bonds. The maximum Gasteiger partial charge on any atom is 0.164 e. The molecule has 0 unspecified atom stereocenters. The van der Waals surface area contributed by atoms with E-state index in [1.807, 2.05) is 66.2 Å². The summed E-state index contributed by atoms with van der Waals surface area (Å²) in [7, 11) is 1.64. The lowest BCUT2D eigenvalue weighted by atomic mass is 9.97. The Bertz CT molecular complexity index is 1340. The molecule has 2 heterocycles. The number of rotatable bonds is 3. The van der Waals surface area contributed by atoms with Crippen molar-refractivity contribution in [3.05, 3.63) is 84.3 Å². The highest BCUT2D eigenvalue weighted by Gasteiger charge is 2.19. The Balaban J connectivity index is 1.91. The molecule has 142 valence electrons. The predicted molar refractivity (Wildman–Crippen MR) is 113 cm³/mol. The number of ether oxygens (including phenoxy) is 1. The summed E-state index contributed by atoms with van der Waals surface area (Å²) in [5, 5.41) is 6.44. The normalized spacial score (nSPS) is 11.3. The second-order valence-corrected chi connectivity index (χ2v) is 6.91. The molecule has 0 aliphatic carbocycles. The summed E-state index contributed by atoms with van der Waals surface area (Å²) in [5.41, 5.74) is 5.13. The number of fused-ring (bicyclic) bond motifs is 2. The third kappa shape index (κ3) is 2.83. The molecule has 3 aromatic carbocycles. The van der Waals surface area contributed by atoms with E-state index >= 15 is 0 Å². The van der Waals surface area contributed by atoms with Gasteiger partial charge in [0.05, 0.1) is 29.4 Å². The van der Waals surface area contributed by atoms with Gasteiger partial charge in [-0.05, 0) is 55.0 Å². The molecule has 5 aromatic rings. The number of aromatic nitrogens is 3. The summed E-state index contributed by atoms with van der Waals surface area (Å²) in [6.45, 7) is 1.96. The molecular formula is C24H18FN3O. The van der Waals surface area contributed by atoms with Crippen molar-refractivity contribution in [1.82, 2.24) is 14.8 Å². The maximum atomic E-state index is 14.2. The molecule has 5 rings (SSSR count). The average Bonchev–Trinajstić information content (AvgIpc) is 3.09. The molecule has 0 fully saturated rings. The van der Waals surface area contributed by atoms with Crippen LogP contribution in [0.4, 0.5) is 4.39 Å². The van der Waals surface area contributed by atoms with Crippen molar-refractivity contribution >= 4 is 21.9 Å². The Morgan fingerprint density at radius 2 is 1.69 bits per heavy atom. The molecule has 0 atom stereocenters. The SMILES string of the molecule is COc1ccc(-c2c3cc(F)ccc3nc3c2c(C)nn3-c2ccccc2)cc1. The van der Waals surface area contributed by atoms with E-state index in [1.165, 1.54) is 6.07 Å². The van der Waals surface area contributed by atoms with Gasteiger partial charge in [-0.1, -0.05) is 30.3 Å².